The van der Waals surface area contributed by atoms with Crippen molar-refractivity contribution >= 4 is 0 Å². The van der Waals surface area contributed by atoms with Crippen LogP contribution in [0.15, 0.2) is 10.4 Å². The standard InChI is InChI=1S/C8H16N4O2/c1-5-13-6-2-11(1)9-10-12-3-7-14-8-4-12/h1-8H2/b10-9-. The summed E-state index contributed by atoms with van der Waals surface area (Å²) in [6.07, 6.45) is 0. The van der Waals surface area contributed by atoms with Gasteiger partial charge in [0.15, 0.2) is 0 Å². The molecular weight excluding hydrogens is 184 g/mol. The minimum Gasteiger partial charge on any atom is -0.378 e. The molecule has 0 N–H and O–H groups in total. The second-order valence-corrected chi connectivity index (χ2v) is 3.31. The Balaban J connectivity index is 1.73. The molecule has 0 bridgehead atoms. The number of hydrogen-bond donors (Lipinski definition) is 0. The van der Waals surface area contributed by atoms with Crippen LogP contribution in [0, 0.1) is 0 Å². The monoisotopic (exact) mass is 200 g/mol. The van der Waals surface area contributed by atoms with Crippen LogP contribution in [0.1, 0.15) is 0 Å². The first kappa shape index (κ1) is 9.67. The molecule has 6 heteroatoms. The molecule has 0 aliphatic carbocycles. The fraction of sp³-hybridized carbons (Fsp3) is 1.00. The van der Waals surface area contributed by atoms with E-state index in [1.54, 1.807) is 0 Å². The van der Waals surface area contributed by atoms with Gasteiger partial charge in [-0.05, 0) is 0 Å². The summed E-state index contributed by atoms with van der Waals surface area (Å²) in [6, 6.07) is 0. The van der Waals surface area contributed by atoms with E-state index >= 15 is 0 Å². The molecule has 2 saturated heterocycles. The smallest absolute Gasteiger partial charge is 0.0660 e. The lowest BCUT2D eigenvalue weighted by Gasteiger charge is -2.25. The average molecular weight is 200 g/mol. The Kier molecular flexibility index (Phi) is 3.53. The molecule has 2 heterocycles. The minimum atomic E-state index is 0.752. The molecule has 0 aromatic heterocycles. The Morgan fingerprint density at radius 3 is 1.36 bits per heavy atom. The third kappa shape index (κ3) is 2.81. The van der Waals surface area contributed by atoms with E-state index in [0.29, 0.717) is 0 Å². The number of rotatable bonds is 2. The van der Waals surface area contributed by atoms with E-state index in [9.17, 15) is 0 Å². The van der Waals surface area contributed by atoms with E-state index in [1.807, 2.05) is 10.0 Å². The highest BCUT2D eigenvalue weighted by Crippen LogP contribution is 2.01. The summed E-state index contributed by atoms with van der Waals surface area (Å²) >= 11 is 0. The molecule has 0 saturated carbocycles. The highest BCUT2D eigenvalue weighted by atomic mass is 16.5. The van der Waals surface area contributed by atoms with E-state index in [4.69, 9.17) is 9.47 Å². The lowest BCUT2D eigenvalue weighted by molar-refractivity contribution is 0.0114. The van der Waals surface area contributed by atoms with E-state index in [2.05, 4.69) is 10.4 Å². The summed E-state index contributed by atoms with van der Waals surface area (Å²) in [5.41, 5.74) is 0. The maximum atomic E-state index is 5.21. The quantitative estimate of drug-likeness (QED) is 0.586. The van der Waals surface area contributed by atoms with Crippen molar-refractivity contribution in [1.82, 2.24) is 10.0 Å². The van der Waals surface area contributed by atoms with Gasteiger partial charge >= 0.3 is 0 Å². The van der Waals surface area contributed by atoms with Crippen LogP contribution in [0.25, 0.3) is 0 Å². The maximum Gasteiger partial charge on any atom is 0.0660 e. The van der Waals surface area contributed by atoms with Crippen LogP contribution in [0.3, 0.4) is 0 Å². The first-order valence-electron chi connectivity index (χ1n) is 5.02. The van der Waals surface area contributed by atoms with Crippen LogP contribution in [0.4, 0.5) is 0 Å². The Bertz CT molecular complexity index is 168. The Labute approximate surface area is 83.4 Å². The Morgan fingerprint density at radius 1 is 0.643 bits per heavy atom. The summed E-state index contributed by atoms with van der Waals surface area (Å²) in [6.45, 7) is 6.37. The highest BCUT2D eigenvalue weighted by Gasteiger charge is 2.10. The lowest BCUT2D eigenvalue weighted by atomic mass is 10.5. The summed E-state index contributed by atoms with van der Waals surface area (Å²) in [5, 5.41) is 12.2. The zero-order valence-electron chi connectivity index (χ0n) is 8.26. The number of hydrogen-bond acceptors (Lipinski definition) is 4. The third-order valence-corrected chi connectivity index (χ3v) is 2.27. The van der Waals surface area contributed by atoms with Gasteiger partial charge in [0.2, 0.25) is 0 Å². The van der Waals surface area contributed by atoms with Gasteiger partial charge in [-0.2, -0.15) is 0 Å². The molecular formula is C8H16N4O2. The van der Waals surface area contributed by atoms with Crippen molar-refractivity contribution in [2.24, 2.45) is 10.4 Å². The van der Waals surface area contributed by atoms with Crippen LogP contribution >= 0.6 is 0 Å². The molecule has 0 unspecified atom stereocenters. The van der Waals surface area contributed by atoms with Crippen LogP contribution in [0.5, 0.6) is 0 Å². The second kappa shape index (κ2) is 5.11. The summed E-state index contributed by atoms with van der Waals surface area (Å²) in [4.78, 5) is 0. The molecule has 2 aliphatic rings. The van der Waals surface area contributed by atoms with Crippen molar-refractivity contribution in [1.29, 1.82) is 0 Å². The fourth-order valence-electron chi connectivity index (χ4n) is 1.40. The van der Waals surface area contributed by atoms with Crippen LogP contribution in [-0.2, 0) is 9.47 Å². The molecule has 80 valence electrons. The van der Waals surface area contributed by atoms with Gasteiger partial charge in [0.25, 0.3) is 0 Å². The highest BCUT2D eigenvalue weighted by molar-refractivity contribution is 4.57. The first-order valence-corrected chi connectivity index (χ1v) is 5.02. The molecule has 2 fully saturated rings. The van der Waals surface area contributed by atoms with Gasteiger partial charge in [0.05, 0.1) is 52.6 Å². The lowest BCUT2D eigenvalue weighted by Crippen LogP contribution is -2.35. The summed E-state index contributed by atoms with van der Waals surface area (Å²) < 4.78 is 10.4. The van der Waals surface area contributed by atoms with Crippen molar-refractivity contribution < 1.29 is 9.47 Å². The van der Waals surface area contributed by atoms with Gasteiger partial charge in [0.1, 0.15) is 0 Å². The average Bonchev–Trinajstić information content (AvgIpc) is 2.29. The maximum absolute atomic E-state index is 5.21. The van der Waals surface area contributed by atoms with Crippen LogP contribution in [0.2, 0.25) is 0 Å². The van der Waals surface area contributed by atoms with Gasteiger partial charge in [0, 0.05) is 0 Å². The molecule has 2 aliphatic heterocycles. The normalized spacial score (nSPS) is 24.6. The number of ether oxygens (including phenoxy) is 2. The van der Waals surface area contributed by atoms with Crippen molar-refractivity contribution in [3.63, 3.8) is 0 Å². The van der Waals surface area contributed by atoms with Crippen LogP contribution < -0.4 is 0 Å². The topological polar surface area (TPSA) is 49.7 Å². The van der Waals surface area contributed by atoms with E-state index in [0.717, 1.165) is 52.6 Å². The summed E-state index contributed by atoms with van der Waals surface area (Å²) in [5.74, 6) is 0. The van der Waals surface area contributed by atoms with Crippen molar-refractivity contribution in [3.8, 4) is 0 Å². The number of morpholine rings is 2. The molecule has 0 aromatic carbocycles. The third-order valence-electron chi connectivity index (χ3n) is 2.27. The molecule has 0 radical (unpaired) electrons. The first-order chi connectivity index (χ1) is 6.95. The molecule has 0 spiro atoms. The predicted octanol–water partition coefficient (Wildman–Crippen LogP) is -0.0670. The van der Waals surface area contributed by atoms with Gasteiger partial charge < -0.3 is 9.47 Å². The van der Waals surface area contributed by atoms with Gasteiger partial charge in [-0.15, -0.1) is 0 Å². The largest absolute Gasteiger partial charge is 0.378 e. The van der Waals surface area contributed by atoms with Crippen molar-refractivity contribution in [3.05, 3.63) is 0 Å². The van der Waals surface area contributed by atoms with Gasteiger partial charge in [-0.1, -0.05) is 10.4 Å². The second-order valence-electron chi connectivity index (χ2n) is 3.31. The molecule has 2 rings (SSSR count). The minimum absolute atomic E-state index is 0.752. The van der Waals surface area contributed by atoms with Crippen molar-refractivity contribution in [2.45, 2.75) is 0 Å². The van der Waals surface area contributed by atoms with Crippen LogP contribution in [-0.4, -0.2) is 62.6 Å². The van der Waals surface area contributed by atoms with E-state index in [-0.39, 0.29) is 0 Å². The molecule has 0 aromatic rings. The van der Waals surface area contributed by atoms with Gasteiger partial charge in [-0.25, -0.2) is 0 Å². The molecule has 6 nitrogen and oxygen atoms in total. The molecule has 0 atom stereocenters. The van der Waals surface area contributed by atoms with E-state index < -0.39 is 0 Å². The zero-order valence-corrected chi connectivity index (χ0v) is 8.26. The van der Waals surface area contributed by atoms with E-state index in [1.165, 1.54) is 0 Å². The number of nitrogens with zero attached hydrogens (tertiary/aromatic N) is 4. The predicted molar refractivity (Wildman–Crippen MR) is 49.6 cm³/mol. The van der Waals surface area contributed by atoms with Crippen molar-refractivity contribution in [2.75, 3.05) is 52.6 Å². The SMILES string of the molecule is C1CN(/N=N\N2CCOCC2)CCO1. The molecule has 0 amide bonds. The Hall–Kier alpha value is -0.880. The zero-order chi connectivity index (χ0) is 9.64. The summed E-state index contributed by atoms with van der Waals surface area (Å²) in [7, 11) is 0. The Morgan fingerprint density at radius 2 is 1.00 bits per heavy atom. The fourth-order valence-corrected chi connectivity index (χ4v) is 1.40. The molecule has 14 heavy (non-hydrogen) atoms. The van der Waals surface area contributed by atoms with Gasteiger partial charge in [-0.3, -0.25) is 10.0 Å².